The van der Waals surface area contributed by atoms with Gasteiger partial charge in [-0.3, -0.25) is 4.79 Å². The number of hydrogen-bond acceptors (Lipinski definition) is 9. The Morgan fingerprint density at radius 2 is 1.85 bits per heavy atom. The molecule has 0 amide bonds. The van der Waals surface area contributed by atoms with E-state index in [1.54, 1.807) is 0 Å². The van der Waals surface area contributed by atoms with E-state index in [-0.39, 0.29) is 23.5 Å². The van der Waals surface area contributed by atoms with Gasteiger partial charge in [-0.2, -0.15) is 0 Å². The van der Waals surface area contributed by atoms with Crippen LogP contribution in [0.15, 0.2) is 12.1 Å². The molecule has 1 saturated heterocycles. The van der Waals surface area contributed by atoms with Crippen LogP contribution >= 0.6 is 0 Å². The van der Waals surface area contributed by atoms with E-state index in [0.29, 0.717) is 6.42 Å². The van der Waals surface area contributed by atoms with Gasteiger partial charge in [-0.05, 0) is 6.42 Å². The van der Waals surface area contributed by atoms with Crippen molar-refractivity contribution in [3.63, 3.8) is 0 Å². The van der Waals surface area contributed by atoms with E-state index in [9.17, 15) is 35.4 Å². The zero-order valence-corrected chi connectivity index (χ0v) is 14.3. The Morgan fingerprint density at radius 1 is 1.15 bits per heavy atom. The van der Waals surface area contributed by atoms with Crippen molar-refractivity contribution >= 4 is 5.78 Å². The lowest BCUT2D eigenvalue weighted by Crippen LogP contribution is -2.60. The van der Waals surface area contributed by atoms with E-state index >= 15 is 0 Å². The number of unbranched alkanes of at least 4 members (excludes halogenated alkanes) is 1. The summed E-state index contributed by atoms with van der Waals surface area (Å²) in [7, 11) is 0. The van der Waals surface area contributed by atoms with Gasteiger partial charge in [0.2, 0.25) is 6.29 Å². The van der Waals surface area contributed by atoms with Crippen molar-refractivity contribution in [2.75, 3.05) is 6.61 Å². The number of phenols is 2. The Hall–Kier alpha value is -1.91. The molecule has 0 saturated carbocycles. The molecule has 0 aliphatic carbocycles. The van der Waals surface area contributed by atoms with Crippen molar-refractivity contribution in [2.24, 2.45) is 0 Å². The SMILES string of the molecule is CCCCC(=O)c1c(O)cc(O)cc1O[C@@H]1O[C@H](CO)[C@@H](O)[C@H](O)[C@H]1O. The van der Waals surface area contributed by atoms with Gasteiger partial charge >= 0.3 is 0 Å². The van der Waals surface area contributed by atoms with Gasteiger partial charge in [0.1, 0.15) is 47.2 Å². The minimum atomic E-state index is -1.68. The van der Waals surface area contributed by atoms with Crippen LogP contribution in [0.2, 0.25) is 0 Å². The molecule has 0 unspecified atom stereocenters. The van der Waals surface area contributed by atoms with Gasteiger partial charge in [0, 0.05) is 18.6 Å². The summed E-state index contributed by atoms with van der Waals surface area (Å²) >= 11 is 0. The van der Waals surface area contributed by atoms with Crippen LogP contribution < -0.4 is 4.74 Å². The molecule has 6 N–H and O–H groups in total. The molecule has 1 aromatic rings. The summed E-state index contributed by atoms with van der Waals surface area (Å²) in [5, 5.41) is 58.6. The normalized spacial score (nSPS) is 28.7. The van der Waals surface area contributed by atoms with Crippen LogP contribution in [0.4, 0.5) is 0 Å². The van der Waals surface area contributed by atoms with E-state index in [2.05, 4.69) is 0 Å². The molecule has 5 atom stereocenters. The monoisotopic (exact) mass is 372 g/mol. The van der Waals surface area contributed by atoms with Crippen molar-refractivity contribution in [2.45, 2.75) is 56.9 Å². The quantitative estimate of drug-likeness (QED) is 0.352. The lowest BCUT2D eigenvalue weighted by atomic mass is 9.99. The summed E-state index contributed by atoms with van der Waals surface area (Å²) < 4.78 is 10.6. The first-order chi connectivity index (χ1) is 12.3. The molecule has 9 heteroatoms. The highest BCUT2D eigenvalue weighted by atomic mass is 16.7. The van der Waals surface area contributed by atoms with Crippen LogP contribution in [0.3, 0.4) is 0 Å². The average Bonchev–Trinajstić information content (AvgIpc) is 2.59. The highest BCUT2D eigenvalue weighted by molar-refractivity contribution is 6.01. The molecule has 1 aromatic carbocycles. The number of aromatic hydroxyl groups is 2. The van der Waals surface area contributed by atoms with Crippen molar-refractivity contribution in [1.82, 2.24) is 0 Å². The highest BCUT2D eigenvalue weighted by Crippen LogP contribution is 2.36. The van der Waals surface area contributed by atoms with E-state index in [1.165, 1.54) is 0 Å². The lowest BCUT2D eigenvalue weighted by Gasteiger charge is -2.39. The summed E-state index contributed by atoms with van der Waals surface area (Å²) in [5.41, 5.74) is -0.187. The standard InChI is InChI=1S/C17H24O9/c1-2-3-4-9(20)13-10(21)5-8(19)6-11(13)25-17-16(24)15(23)14(22)12(7-18)26-17/h5-6,12,14-19,21-24H,2-4,7H2,1H3/t12-,14-,15+,16-,17-/m1/s1. The maximum absolute atomic E-state index is 12.4. The first-order valence-corrected chi connectivity index (χ1v) is 8.36. The van der Waals surface area contributed by atoms with Crippen molar-refractivity contribution in [3.05, 3.63) is 17.7 Å². The number of ketones is 1. The second kappa shape index (κ2) is 8.65. The lowest BCUT2D eigenvalue weighted by molar-refractivity contribution is -0.277. The summed E-state index contributed by atoms with van der Waals surface area (Å²) in [6.45, 7) is 1.26. The number of Topliss-reactive ketones (excluding diaryl/α,β-unsaturated/α-hetero) is 1. The molecule has 26 heavy (non-hydrogen) atoms. The molecule has 0 aromatic heterocycles. The summed E-state index contributed by atoms with van der Waals surface area (Å²) in [5.74, 6) is -1.54. The number of carbonyl (C=O) groups is 1. The van der Waals surface area contributed by atoms with Gasteiger partial charge in [-0.25, -0.2) is 0 Å². The molecule has 0 spiro atoms. The van der Waals surface area contributed by atoms with Crippen LogP contribution in [0.5, 0.6) is 17.2 Å². The molecule has 1 aliphatic rings. The van der Waals surface area contributed by atoms with Crippen LogP contribution in [0.1, 0.15) is 36.5 Å². The fourth-order valence-electron chi connectivity index (χ4n) is 2.71. The number of rotatable bonds is 7. The van der Waals surface area contributed by atoms with E-state index in [1.807, 2.05) is 6.92 Å². The molecule has 1 aliphatic heterocycles. The summed E-state index contributed by atoms with van der Waals surface area (Å²) in [6.07, 6.45) is -6.15. The van der Waals surface area contributed by atoms with Gasteiger partial charge in [-0.15, -0.1) is 0 Å². The molecule has 0 radical (unpaired) electrons. The minimum absolute atomic E-state index is 0.139. The second-order valence-electron chi connectivity index (χ2n) is 6.18. The summed E-state index contributed by atoms with van der Waals surface area (Å²) in [6, 6.07) is 2.06. The third-order valence-corrected chi connectivity index (χ3v) is 4.19. The number of hydrogen-bond donors (Lipinski definition) is 6. The molecule has 0 bridgehead atoms. The topological polar surface area (TPSA) is 157 Å². The predicted molar refractivity (Wildman–Crippen MR) is 88.0 cm³/mol. The fraction of sp³-hybridized carbons (Fsp3) is 0.588. The predicted octanol–water partition coefficient (Wildman–Crippen LogP) is -0.351. The molecule has 1 fully saturated rings. The Kier molecular flexibility index (Phi) is 6.79. The smallest absolute Gasteiger partial charge is 0.229 e. The van der Waals surface area contributed by atoms with Crippen molar-refractivity contribution in [3.8, 4) is 17.2 Å². The van der Waals surface area contributed by atoms with Gasteiger partial charge in [0.15, 0.2) is 5.78 Å². The first-order valence-electron chi connectivity index (χ1n) is 8.36. The maximum Gasteiger partial charge on any atom is 0.229 e. The summed E-state index contributed by atoms with van der Waals surface area (Å²) in [4.78, 5) is 12.4. The van der Waals surface area contributed by atoms with Gasteiger partial charge < -0.3 is 40.1 Å². The number of carbonyl (C=O) groups excluding carboxylic acids is 1. The largest absolute Gasteiger partial charge is 0.508 e. The van der Waals surface area contributed by atoms with E-state index in [4.69, 9.17) is 9.47 Å². The van der Waals surface area contributed by atoms with Crippen molar-refractivity contribution < 1.29 is 44.9 Å². The zero-order valence-electron chi connectivity index (χ0n) is 14.3. The van der Waals surface area contributed by atoms with Crippen LogP contribution in [-0.4, -0.2) is 73.7 Å². The number of aliphatic hydroxyl groups is 4. The number of aliphatic hydroxyl groups excluding tert-OH is 4. The van der Waals surface area contributed by atoms with Crippen molar-refractivity contribution in [1.29, 1.82) is 0 Å². The molecular weight excluding hydrogens is 348 g/mol. The van der Waals surface area contributed by atoms with E-state index in [0.717, 1.165) is 18.6 Å². The number of ether oxygens (including phenoxy) is 2. The van der Waals surface area contributed by atoms with Crippen LogP contribution in [-0.2, 0) is 4.74 Å². The Morgan fingerprint density at radius 3 is 2.46 bits per heavy atom. The molecule has 1 heterocycles. The van der Waals surface area contributed by atoms with Crippen LogP contribution in [0.25, 0.3) is 0 Å². The number of phenolic OH excluding ortho intramolecular Hbond substituents is 2. The third-order valence-electron chi connectivity index (χ3n) is 4.19. The average molecular weight is 372 g/mol. The third kappa shape index (κ3) is 4.25. The Balaban J connectivity index is 2.31. The molecule has 9 nitrogen and oxygen atoms in total. The van der Waals surface area contributed by atoms with Crippen LogP contribution in [0, 0.1) is 0 Å². The maximum atomic E-state index is 12.4. The molecule has 146 valence electrons. The highest BCUT2D eigenvalue weighted by Gasteiger charge is 2.45. The molecular formula is C17H24O9. The fourth-order valence-corrected chi connectivity index (χ4v) is 2.71. The van der Waals surface area contributed by atoms with Gasteiger partial charge in [0.05, 0.1) is 6.61 Å². The van der Waals surface area contributed by atoms with Gasteiger partial charge in [0.25, 0.3) is 0 Å². The Bertz CT molecular complexity index is 631. The first kappa shape index (κ1) is 20.4. The van der Waals surface area contributed by atoms with Gasteiger partial charge in [-0.1, -0.05) is 13.3 Å². The number of benzene rings is 1. The Labute approximate surface area is 150 Å². The minimum Gasteiger partial charge on any atom is -0.508 e. The zero-order chi connectivity index (χ0) is 19.4. The molecule has 2 rings (SSSR count). The second-order valence-corrected chi connectivity index (χ2v) is 6.18. The van der Waals surface area contributed by atoms with E-state index < -0.39 is 48.8 Å².